The third-order valence-electron chi connectivity index (χ3n) is 4.63. The minimum absolute atomic E-state index is 0.0476. The zero-order chi connectivity index (χ0) is 23.3. The predicted molar refractivity (Wildman–Crippen MR) is 118 cm³/mol. The van der Waals surface area contributed by atoms with E-state index in [1.54, 1.807) is 6.07 Å². The van der Waals surface area contributed by atoms with Crippen molar-refractivity contribution in [2.45, 2.75) is 33.3 Å². The van der Waals surface area contributed by atoms with Crippen LogP contribution in [0.3, 0.4) is 0 Å². The molecule has 1 aromatic carbocycles. The molecule has 0 spiro atoms. The molecule has 0 bridgehead atoms. The molecule has 0 aliphatic rings. The van der Waals surface area contributed by atoms with Crippen molar-refractivity contribution < 1.29 is 24.3 Å². The molecule has 3 rings (SSSR count). The highest BCUT2D eigenvalue weighted by molar-refractivity contribution is 6.32. The highest BCUT2D eigenvalue weighted by Crippen LogP contribution is 2.34. The number of aryl methyl sites for hydroxylation is 3. The standard InChI is InChI=1S/C22H25ClN4O5/c1-4-16-7-15(6-13(3)25-16)22-26-21(27-32-22)14-5-12(2)20(18(23)8-14)31-11-17(29)9-24-19(30)10-28/h5-8,17,28-29H,4,9-11H2,1-3H3,(H,24,30). The summed E-state index contributed by atoms with van der Waals surface area (Å²) in [7, 11) is 0. The molecule has 10 heteroatoms. The van der Waals surface area contributed by atoms with Crippen molar-refractivity contribution in [3.63, 3.8) is 0 Å². The van der Waals surface area contributed by atoms with Gasteiger partial charge in [-0.05, 0) is 50.1 Å². The molecule has 0 saturated carbocycles. The molecule has 9 nitrogen and oxygen atoms in total. The Balaban J connectivity index is 1.74. The van der Waals surface area contributed by atoms with Crippen molar-refractivity contribution in [1.82, 2.24) is 20.4 Å². The molecule has 32 heavy (non-hydrogen) atoms. The monoisotopic (exact) mass is 460 g/mol. The van der Waals surface area contributed by atoms with Crippen LogP contribution in [0.25, 0.3) is 22.8 Å². The fourth-order valence-electron chi connectivity index (χ4n) is 3.07. The van der Waals surface area contributed by atoms with Crippen LogP contribution in [0, 0.1) is 13.8 Å². The average molecular weight is 461 g/mol. The minimum Gasteiger partial charge on any atom is -0.489 e. The number of amides is 1. The van der Waals surface area contributed by atoms with Gasteiger partial charge in [0.1, 0.15) is 25.1 Å². The fourth-order valence-corrected chi connectivity index (χ4v) is 3.39. The fraction of sp³-hybridized carbons (Fsp3) is 0.364. The zero-order valence-corrected chi connectivity index (χ0v) is 18.8. The molecule has 3 N–H and O–H groups in total. The number of carbonyl (C=O) groups is 1. The van der Waals surface area contributed by atoms with Gasteiger partial charge >= 0.3 is 0 Å². The Morgan fingerprint density at radius 3 is 2.69 bits per heavy atom. The van der Waals surface area contributed by atoms with E-state index in [9.17, 15) is 9.90 Å². The molecule has 0 fully saturated rings. The van der Waals surface area contributed by atoms with Crippen molar-refractivity contribution in [3.8, 4) is 28.6 Å². The van der Waals surface area contributed by atoms with Crippen molar-refractivity contribution in [1.29, 1.82) is 0 Å². The van der Waals surface area contributed by atoms with Gasteiger partial charge in [-0.25, -0.2) is 0 Å². The topological polar surface area (TPSA) is 131 Å². The molecule has 170 valence electrons. The summed E-state index contributed by atoms with van der Waals surface area (Å²) in [4.78, 5) is 20.0. The summed E-state index contributed by atoms with van der Waals surface area (Å²) in [5, 5.41) is 25.4. The smallest absolute Gasteiger partial charge is 0.258 e. The van der Waals surface area contributed by atoms with E-state index in [-0.39, 0.29) is 13.2 Å². The molecule has 1 atom stereocenters. The maximum absolute atomic E-state index is 11.1. The molecule has 0 aliphatic heterocycles. The second-order valence-electron chi connectivity index (χ2n) is 7.30. The summed E-state index contributed by atoms with van der Waals surface area (Å²) in [6.45, 7) is 4.99. The number of hydrogen-bond donors (Lipinski definition) is 3. The molecular formula is C22H25ClN4O5. The van der Waals surface area contributed by atoms with Crippen LogP contribution >= 0.6 is 11.6 Å². The largest absolute Gasteiger partial charge is 0.489 e. The van der Waals surface area contributed by atoms with Crippen LogP contribution in [0.2, 0.25) is 5.02 Å². The van der Waals surface area contributed by atoms with Crippen molar-refractivity contribution in [2.24, 2.45) is 0 Å². The van der Waals surface area contributed by atoms with Gasteiger partial charge in [0.05, 0.1) is 5.02 Å². The number of nitrogens with one attached hydrogen (secondary N) is 1. The van der Waals surface area contributed by atoms with Crippen LogP contribution in [0.15, 0.2) is 28.8 Å². The van der Waals surface area contributed by atoms with Gasteiger partial charge in [-0.3, -0.25) is 9.78 Å². The van der Waals surface area contributed by atoms with Crippen molar-refractivity contribution >= 4 is 17.5 Å². The number of benzene rings is 1. The van der Waals surface area contributed by atoms with Crippen LogP contribution in [-0.2, 0) is 11.2 Å². The maximum atomic E-state index is 11.1. The molecule has 0 aliphatic carbocycles. The Bertz CT molecular complexity index is 1080. The number of rotatable bonds is 9. The highest BCUT2D eigenvalue weighted by atomic mass is 35.5. The molecule has 3 aromatic rings. The van der Waals surface area contributed by atoms with E-state index >= 15 is 0 Å². The van der Waals surface area contributed by atoms with Crippen LogP contribution in [0.1, 0.15) is 23.9 Å². The van der Waals surface area contributed by atoms with Gasteiger partial charge in [0.25, 0.3) is 5.89 Å². The zero-order valence-electron chi connectivity index (χ0n) is 18.1. The Morgan fingerprint density at radius 1 is 1.22 bits per heavy atom. The molecule has 0 radical (unpaired) electrons. The summed E-state index contributed by atoms with van der Waals surface area (Å²) >= 11 is 6.40. The lowest BCUT2D eigenvalue weighted by molar-refractivity contribution is -0.124. The number of nitrogens with zero attached hydrogens (tertiary/aromatic N) is 3. The first-order valence-corrected chi connectivity index (χ1v) is 10.5. The summed E-state index contributed by atoms with van der Waals surface area (Å²) in [6.07, 6.45) is -0.161. The van der Waals surface area contributed by atoms with Crippen LogP contribution < -0.4 is 10.1 Å². The van der Waals surface area contributed by atoms with E-state index in [0.29, 0.717) is 28.1 Å². The predicted octanol–water partition coefficient (Wildman–Crippen LogP) is 2.48. The first-order chi connectivity index (χ1) is 15.3. The van der Waals surface area contributed by atoms with Gasteiger partial charge in [-0.1, -0.05) is 23.7 Å². The molecule has 2 aromatic heterocycles. The Hall–Kier alpha value is -3.01. The van der Waals surface area contributed by atoms with E-state index in [4.69, 9.17) is 26.0 Å². The number of pyridine rings is 1. The maximum Gasteiger partial charge on any atom is 0.258 e. The molecular weight excluding hydrogens is 436 g/mol. The minimum atomic E-state index is -0.961. The van der Waals surface area contributed by atoms with Gasteiger partial charge in [-0.2, -0.15) is 4.98 Å². The van der Waals surface area contributed by atoms with E-state index in [2.05, 4.69) is 20.4 Å². The summed E-state index contributed by atoms with van der Waals surface area (Å²) in [5.41, 5.74) is 4.00. The van der Waals surface area contributed by atoms with Gasteiger partial charge in [-0.15, -0.1) is 0 Å². The Morgan fingerprint density at radius 2 is 2.00 bits per heavy atom. The van der Waals surface area contributed by atoms with Crippen LogP contribution in [-0.4, -0.2) is 57.1 Å². The van der Waals surface area contributed by atoms with Crippen molar-refractivity contribution in [2.75, 3.05) is 19.8 Å². The summed E-state index contributed by atoms with van der Waals surface area (Å²) in [5.74, 6) is 0.608. The van der Waals surface area contributed by atoms with E-state index < -0.39 is 18.6 Å². The summed E-state index contributed by atoms with van der Waals surface area (Å²) < 4.78 is 11.1. The quantitative estimate of drug-likeness (QED) is 0.444. The normalized spacial score (nSPS) is 11.9. The average Bonchev–Trinajstić information content (AvgIpc) is 3.26. The number of carbonyl (C=O) groups excluding carboxylic acids is 1. The second-order valence-corrected chi connectivity index (χ2v) is 7.70. The third kappa shape index (κ3) is 5.82. The van der Waals surface area contributed by atoms with Gasteiger partial charge in [0.2, 0.25) is 11.7 Å². The Kier molecular flexibility index (Phi) is 7.79. The van der Waals surface area contributed by atoms with E-state index in [1.807, 2.05) is 39.0 Å². The highest BCUT2D eigenvalue weighted by Gasteiger charge is 2.17. The van der Waals surface area contributed by atoms with Crippen molar-refractivity contribution in [3.05, 3.63) is 46.2 Å². The lowest BCUT2D eigenvalue weighted by Gasteiger charge is -2.16. The number of halogens is 1. The van der Waals surface area contributed by atoms with Gasteiger partial charge in [0.15, 0.2) is 0 Å². The third-order valence-corrected chi connectivity index (χ3v) is 4.91. The molecule has 0 saturated heterocycles. The number of ether oxygens (including phenoxy) is 1. The van der Waals surface area contributed by atoms with Gasteiger partial charge < -0.3 is 24.8 Å². The number of aliphatic hydroxyl groups is 2. The Labute approximate surface area is 190 Å². The molecule has 2 heterocycles. The lowest BCUT2D eigenvalue weighted by atomic mass is 10.1. The van der Waals surface area contributed by atoms with Crippen LogP contribution in [0.4, 0.5) is 0 Å². The number of aliphatic hydroxyl groups excluding tert-OH is 2. The van der Waals surface area contributed by atoms with E-state index in [1.165, 1.54) is 0 Å². The number of hydrogen-bond acceptors (Lipinski definition) is 8. The molecule has 1 amide bonds. The second kappa shape index (κ2) is 10.5. The summed E-state index contributed by atoms with van der Waals surface area (Å²) in [6, 6.07) is 7.28. The SMILES string of the molecule is CCc1cc(-c2nc(-c3cc(C)c(OCC(O)CNC(=O)CO)c(Cl)c3)no2)cc(C)n1. The molecule has 1 unspecified atom stereocenters. The first kappa shape index (κ1) is 23.6. The van der Waals surface area contributed by atoms with Crippen LogP contribution in [0.5, 0.6) is 5.75 Å². The van der Waals surface area contributed by atoms with E-state index in [0.717, 1.165) is 28.9 Å². The number of aromatic nitrogens is 3. The lowest BCUT2D eigenvalue weighted by Crippen LogP contribution is -2.36. The first-order valence-electron chi connectivity index (χ1n) is 10.1. The van der Waals surface area contributed by atoms with Gasteiger partial charge in [0, 0.05) is 29.1 Å².